The minimum atomic E-state index is 0.0690. The molecule has 19 heavy (non-hydrogen) atoms. The molecule has 5 rings (SSSR count). The Morgan fingerprint density at radius 1 is 1.05 bits per heavy atom. The summed E-state index contributed by atoms with van der Waals surface area (Å²) >= 11 is 3.53. The van der Waals surface area contributed by atoms with Crippen molar-refractivity contribution in [1.82, 2.24) is 4.90 Å². The van der Waals surface area contributed by atoms with Crippen molar-refractivity contribution < 1.29 is 4.79 Å². The van der Waals surface area contributed by atoms with Crippen LogP contribution in [0, 0.1) is 23.2 Å². The Balaban J connectivity index is 1.58. The number of hydrogen-bond donors (Lipinski definition) is 0. The zero-order valence-corrected chi connectivity index (χ0v) is 13.2. The van der Waals surface area contributed by atoms with Crippen molar-refractivity contribution in [2.75, 3.05) is 11.9 Å². The van der Waals surface area contributed by atoms with Gasteiger partial charge in [0.1, 0.15) is 0 Å². The average Bonchev–Trinajstić information content (AvgIpc) is 3.17. The van der Waals surface area contributed by atoms with Gasteiger partial charge in [-0.1, -0.05) is 15.9 Å². The minimum absolute atomic E-state index is 0.0690. The van der Waals surface area contributed by atoms with E-state index in [1.165, 1.54) is 51.4 Å². The van der Waals surface area contributed by atoms with Crippen LogP contribution in [0.1, 0.15) is 51.4 Å². The van der Waals surface area contributed by atoms with Crippen LogP contribution < -0.4 is 0 Å². The summed E-state index contributed by atoms with van der Waals surface area (Å²) in [5.74, 6) is 3.16. The van der Waals surface area contributed by atoms with Crippen LogP contribution in [0.25, 0.3) is 0 Å². The van der Waals surface area contributed by atoms with Crippen LogP contribution in [0.4, 0.5) is 0 Å². The third kappa shape index (κ3) is 2.07. The molecule has 0 aromatic heterocycles. The number of halogens is 1. The van der Waals surface area contributed by atoms with Crippen molar-refractivity contribution in [3.63, 3.8) is 0 Å². The van der Waals surface area contributed by atoms with Gasteiger partial charge < -0.3 is 4.90 Å². The van der Waals surface area contributed by atoms with E-state index in [1.807, 2.05) is 0 Å². The summed E-state index contributed by atoms with van der Waals surface area (Å²) in [4.78, 5) is 15.4. The Morgan fingerprint density at radius 3 is 2.00 bits per heavy atom. The second-order valence-corrected chi connectivity index (χ2v) is 8.41. The first-order chi connectivity index (χ1) is 9.20. The highest BCUT2D eigenvalue weighted by Crippen LogP contribution is 2.60. The second kappa shape index (κ2) is 4.47. The van der Waals surface area contributed by atoms with E-state index in [-0.39, 0.29) is 5.41 Å². The average molecular weight is 326 g/mol. The Hall–Kier alpha value is -0.0500. The Kier molecular flexibility index (Phi) is 2.98. The highest BCUT2D eigenvalue weighted by Gasteiger charge is 2.56. The maximum absolute atomic E-state index is 13.2. The van der Waals surface area contributed by atoms with Gasteiger partial charge in [-0.2, -0.15) is 0 Å². The molecule has 4 bridgehead atoms. The highest BCUT2D eigenvalue weighted by atomic mass is 79.9. The fraction of sp³-hybridized carbons (Fsp3) is 0.938. The summed E-state index contributed by atoms with van der Waals surface area (Å²) < 4.78 is 0. The summed E-state index contributed by atoms with van der Waals surface area (Å²) in [5, 5.41) is 0.932. The third-order valence-corrected chi connectivity index (χ3v) is 6.42. The fourth-order valence-corrected chi connectivity index (χ4v) is 5.99. The molecular weight excluding hydrogens is 302 g/mol. The predicted octanol–water partition coefficient (Wildman–Crippen LogP) is 3.59. The summed E-state index contributed by atoms with van der Waals surface area (Å²) in [6.07, 6.45) is 10.4. The topological polar surface area (TPSA) is 20.3 Å². The fourth-order valence-electron chi connectivity index (χ4n) is 5.60. The van der Waals surface area contributed by atoms with E-state index < -0.39 is 0 Å². The molecule has 0 unspecified atom stereocenters. The van der Waals surface area contributed by atoms with Crippen LogP contribution >= 0.6 is 15.9 Å². The van der Waals surface area contributed by atoms with Crippen LogP contribution in [0.2, 0.25) is 0 Å². The number of carbonyl (C=O) groups is 1. The van der Waals surface area contributed by atoms with Gasteiger partial charge in [0.2, 0.25) is 5.91 Å². The molecule has 0 saturated heterocycles. The van der Waals surface area contributed by atoms with Crippen LogP contribution in [-0.2, 0) is 4.79 Å². The quantitative estimate of drug-likeness (QED) is 0.723. The van der Waals surface area contributed by atoms with Crippen LogP contribution in [-0.4, -0.2) is 28.7 Å². The van der Waals surface area contributed by atoms with Gasteiger partial charge in [0, 0.05) is 17.9 Å². The van der Waals surface area contributed by atoms with Crippen molar-refractivity contribution in [2.24, 2.45) is 23.2 Å². The third-order valence-electron chi connectivity index (χ3n) is 6.07. The molecule has 0 aliphatic heterocycles. The first-order valence-corrected chi connectivity index (χ1v) is 9.19. The van der Waals surface area contributed by atoms with Gasteiger partial charge >= 0.3 is 0 Å². The zero-order valence-electron chi connectivity index (χ0n) is 11.6. The SMILES string of the molecule is O=C(N(CCBr)C1CC1)C12CC3CC(CC(C3)C1)C2. The Labute approximate surface area is 124 Å². The van der Waals surface area contributed by atoms with Crippen molar-refractivity contribution in [3.8, 4) is 0 Å². The number of amides is 1. The van der Waals surface area contributed by atoms with Crippen molar-refractivity contribution >= 4 is 21.8 Å². The molecule has 5 fully saturated rings. The number of nitrogens with zero attached hydrogens (tertiary/aromatic N) is 1. The molecule has 0 N–H and O–H groups in total. The maximum atomic E-state index is 13.2. The standard InChI is InChI=1S/C16H24BrNO/c17-3-4-18(14-1-2-14)15(19)16-8-11-5-12(9-16)7-13(6-11)10-16/h11-14H,1-10H2. The van der Waals surface area contributed by atoms with E-state index in [9.17, 15) is 4.79 Å². The van der Waals surface area contributed by atoms with E-state index in [2.05, 4.69) is 20.8 Å². The van der Waals surface area contributed by atoms with Crippen molar-refractivity contribution in [1.29, 1.82) is 0 Å². The maximum Gasteiger partial charge on any atom is 0.229 e. The normalized spacial score (nSPS) is 43.5. The lowest BCUT2D eigenvalue weighted by atomic mass is 9.49. The molecule has 5 aliphatic rings. The summed E-state index contributed by atoms with van der Waals surface area (Å²) in [6, 6.07) is 0.582. The number of alkyl halides is 1. The van der Waals surface area contributed by atoms with Crippen LogP contribution in [0.3, 0.4) is 0 Å². The number of carbonyl (C=O) groups excluding carboxylic acids is 1. The molecule has 0 spiro atoms. The molecular formula is C16H24BrNO. The molecule has 0 radical (unpaired) electrons. The van der Waals surface area contributed by atoms with E-state index in [1.54, 1.807) is 0 Å². The smallest absolute Gasteiger partial charge is 0.229 e. The molecule has 0 heterocycles. The number of rotatable bonds is 4. The molecule has 106 valence electrons. The van der Waals surface area contributed by atoms with E-state index in [0.29, 0.717) is 11.9 Å². The summed E-state index contributed by atoms with van der Waals surface area (Å²) in [5.41, 5.74) is 0.0690. The van der Waals surface area contributed by atoms with Crippen molar-refractivity contribution in [3.05, 3.63) is 0 Å². The molecule has 0 aromatic carbocycles. The largest absolute Gasteiger partial charge is 0.338 e. The van der Waals surface area contributed by atoms with Crippen LogP contribution in [0.15, 0.2) is 0 Å². The van der Waals surface area contributed by atoms with Gasteiger partial charge in [-0.15, -0.1) is 0 Å². The lowest BCUT2D eigenvalue weighted by Gasteiger charge is -2.56. The molecule has 2 nitrogen and oxygen atoms in total. The van der Waals surface area contributed by atoms with E-state index >= 15 is 0 Å². The molecule has 1 amide bonds. The predicted molar refractivity (Wildman–Crippen MR) is 79.1 cm³/mol. The molecule has 0 atom stereocenters. The second-order valence-electron chi connectivity index (χ2n) is 7.62. The van der Waals surface area contributed by atoms with Gasteiger partial charge in [0.05, 0.1) is 5.41 Å². The first-order valence-electron chi connectivity index (χ1n) is 8.07. The summed E-state index contributed by atoms with van der Waals surface area (Å²) in [6.45, 7) is 0.922. The van der Waals surface area contributed by atoms with Gasteiger partial charge in [0.15, 0.2) is 0 Å². The van der Waals surface area contributed by atoms with Gasteiger partial charge in [-0.3, -0.25) is 4.79 Å². The Morgan fingerprint density at radius 2 is 1.58 bits per heavy atom. The minimum Gasteiger partial charge on any atom is -0.338 e. The lowest BCUT2D eigenvalue weighted by molar-refractivity contribution is -0.158. The van der Waals surface area contributed by atoms with E-state index in [4.69, 9.17) is 0 Å². The van der Waals surface area contributed by atoms with Gasteiger partial charge in [-0.05, 0) is 69.1 Å². The zero-order chi connectivity index (χ0) is 13.0. The monoisotopic (exact) mass is 325 g/mol. The molecule has 3 heteroatoms. The molecule has 5 aliphatic carbocycles. The van der Waals surface area contributed by atoms with Gasteiger partial charge in [0.25, 0.3) is 0 Å². The Bertz CT molecular complexity index is 355. The van der Waals surface area contributed by atoms with E-state index in [0.717, 1.165) is 29.6 Å². The number of hydrogen-bond acceptors (Lipinski definition) is 1. The molecule has 0 aromatic rings. The summed E-state index contributed by atoms with van der Waals surface area (Å²) in [7, 11) is 0. The van der Waals surface area contributed by atoms with Gasteiger partial charge in [-0.25, -0.2) is 0 Å². The first kappa shape index (κ1) is 12.7. The highest BCUT2D eigenvalue weighted by molar-refractivity contribution is 9.09. The lowest BCUT2D eigenvalue weighted by Crippen LogP contribution is -2.55. The van der Waals surface area contributed by atoms with Crippen molar-refractivity contribution in [2.45, 2.75) is 57.4 Å². The molecule has 5 saturated carbocycles. The van der Waals surface area contributed by atoms with Crippen LogP contribution in [0.5, 0.6) is 0 Å².